The van der Waals surface area contributed by atoms with Crippen LogP contribution >= 0.6 is 0 Å². The van der Waals surface area contributed by atoms with Gasteiger partial charge in [-0.1, -0.05) is 0 Å². The van der Waals surface area contributed by atoms with Crippen molar-refractivity contribution in [1.29, 1.82) is 0 Å². The Morgan fingerprint density at radius 1 is 1.52 bits per heavy atom. The maximum atomic E-state index is 12.3. The maximum Gasteiger partial charge on any atom is 0.406 e. The molecule has 0 radical (unpaired) electrons. The lowest BCUT2D eigenvalue weighted by Gasteiger charge is -2.18. The first kappa shape index (κ1) is 15.3. The Hall–Kier alpha value is -2.06. The number of nitrogens with zero attached hydrogens (tertiary/aromatic N) is 3. The summed E-state index contributed by atoms with van der Waals surface area (Å²) in [6.45, 7) is 0.210. The van der Waals surface area contributed by atoms with E-state index < -0.39 is 30.5 Å². The summed E-state index contributed by atoms with van der Waals surface area (Å²) in [5.74, 6) is -1.47. The van der Waals surface area contributed by atoms with Gasteiger partial charge in [0.15, 0.2) is 0 Å². The molecule has 116 valence electrons. The Morgan fingerprint density at radius 3 is 2.71 bits per heavy atom. The number of aromatic nitrogens is 2. The number of alkyl halides is 3. The molecular weight excluding hydrogens is 289 g/mol. The highest BCUT2D eigenvalue weighted by atomic mass is 19.4. The number of anilines is 1. The maximum absolute atomic E-state index is 12.3. The Bertz CT molecular complexity index is 567. The molecule has 2 heterocycles. The fraction of sp³-hybridized carbons (Fsp3) is 0.583. The summed E-state index contributed by atoms with van der Waals surface area (Å²) in [6, 6.07) is 1.64. The van der Waals surface area contributed by atoms with Gasteiger partial charge in [0.25, 0.3) is 0 Å². The number of nitrogens with one attached hydrogen (secondary N) is 1. The van der Waals surface area contributed by atoms with Gasteiger partial charge in [-0.05, 0) is 6.92 Å². The lowest BCUT2D eigenvalue weighted by molar-refractivity contribution is -0.157. The SMILES string of the molecule is Cc1cc(NC(=O)C2CC(=O)N(CC(F)(F)F)C2)n(C)n1. The van der Waals surface area contributed by atoms with Crippen LogP contribution in [0.2, 0.25) is 0 Å². The molecule has 1 fully saturated rings. The fourth-order valence-corrected chi connectivity index (χ4v) is 2.27. The van der Waals surface area contributed by atoms with Crippen LogP contribution in [-0.4, -0.2) is 45.8 Å². The second-order valence-electron chi connectivity index (χ2n) is 5.07. The average molecular weight is 304 g/mol. The first-order valence-corrected chi connectivity index (χ1v) is 6.32. The summed E-state index contributed by atoms with van der Waals surface area (Å²) >= 11 is 0. The van der Waals surface area contributed by atoms with Gasteiger partial charge in [-0.3, -0.25) is 14.3 Å². The van der Waals surface area contributed by atoms with E-state index in [-0.39, 0.29) is 13.0 Å². The van der Waals surface area contributed by atoms with Crippen molar-refractivity contribution in [2.24, 2.45) is 13.0 Å². The van der Waals surface area contributed by atoms with Gasteiger partial charge in [0.05, 0.1) is 11.6 Å². The lowest BCUT2D eigenvalue weighted by atomic mass is 10.1. The zero-order valence-corrected chi connectivity index (χ0v) is 11.6. The van der Waals surface area contributed by atoms with Crippen LogP contribution in [0.3, 0.4) is 0 Å². The van der Waals surface area contributed by atoms with E-state index in [4.69, 9.17) is 0 Å². The zero-order chi connectivity index (χ0) is 15.8. The molecule has 2 amide bonds. The van der Waals surface area contributed by atoms with Crippen LogP contribution in [0.25, 0.3) is 0 Å². The molecule has 1 saturated heterocycles. The van der Waals surface area contributed by atoms with Crippen LogP contribution in [0.5, 0.6) is 0 Å². The zero-order valence-electron chi connectivity index (χ0n) is 11.6. The molecule has 1 N–H and O–H groups in total. The number of carbonyl (C=O) groups excluding carboxylic acids is 2. The summed E-state index contributed by atoms with van der Waals surface area (Å²) in [7, 11) is 1.64. The molecule has 0 aromatic carbocycles. The second-order valence-corrected chi connectivity index (χ2v) is 5.07. The fourth-order valence-electron chi connectivity index (χ4n) is 2.27. The van der Waals surface area contributed by atoms with Crippen molar-refractivity contribution < 1.29 is 22.8 Å². The van der Waals surface area contributed by atoms with E-state index >= 15 is 0 Å². The van der Waals surface area contributed by atoms with E-state index in [1.54, 1.807) is 20.0 Å². The number of hydrogen-bond acceptors (Lipinski definition) is 3. The molecule has 2 rings (SSSR count). The molecule has 0 saturated carbocycles. The van der Waals surface area contributed by atoms with Crippen molar-refractivity contribution in [2.45, 2.75) is 19.5 Å². The third-order valence-electron chi connectivity index (χ3n) is 3.21. The highest BCUT2D eigenvalue weighted by Crippen LogP contribution is 2.24. The Labute approximate surface area is 118 Å². The average Bonchev–Trinajstić information content (AvgIpc) is 2.81. The van der Waals surface area contributed by atoms with Gasteiger partial charge in [0, 0.05) is 26.1 Å². The third kappa shape index (κ3) is 3.73. The Kier molecular flexibility index (Phi) is 3.93. The van der Waals surface area contributed by atoms with Crippen molar-refractivity contribution in [3.63, 3.8) is 0 Å². The minimum Gasteiger partial charge on any atom is -0.333 e. The molecular formula is C12H15F3N4O2. The first-order valence-electron chi connectivity index (χ1n) is 6.32. The van der Waals surface area contributed by atoms with Gasteiger partial charge in [-0.25, -0.2) is 0 Å². The largest absolute Gasteiger partial charge is 0.406 e. The molecule has 21 heavy (non-hydrogen) atoms. The molecule has 1 aliphatic rings. The monoisotopic (exact) mass is 304 g/mol. The molecule has 9 heteroatoms. The molecule has 1 atom stereocenters. The number of amides is 2. The van der Waals surface area contributed by atoms with E-state index in [1.807, 2.05) is 0 Å². The van der Waals surface area contributed by atoms with Gasteiger partial charge >= 0.3 is 6.18 Å². The quantitative estimate of drug-likeness (QED) is 0.908. The molecule has 0 bridgehead atoms. The molecule has 0 aliphatic carbocycles. The van der Waals surface area contributed by atoms with Crippen LogP contribution in [0.1, 0.15) is 12.1 Å². The Balaban J connectivity index is 1.98. The molecule has 6 nitrogen and oxygen atoms in total. The molecule has 0 spiro atoms. The number of rotatable bonds is 3. The highest BCUT2D eigenvalue weighted by molar-refractivity contribution is 5.96. The van der Waals surface area contributed by atoms with E-state index in [1.165, 1.54) is 4.68 Å². The van der Waals surface area contributed by atoms with E-state index in [9.17, 15) is 22.8 Å². The van der Waals surface area contributed by atoms with Crippen molar-refractivity contribution >= 4 is 17.6 Å². The molecule has 1 aromatic heterocycles. The van der Waals surface area contributed by atoms with Crippen LogP contribution in [0.4, 0.5) is 19.0 Å². The van der Waals surface area contributed by atoms with Crippen LogP contribution in [0.15, 0.2) is 6.07 Å². The van der Waals surface area contributed by atoms with E-state index in [2.05, 4.69) is 10.4 Å². The van der Waals surface area contributed by atoms with Crippen LogP contribution < -0.4 is 5.32 Å². The predicted molar refractivity (Wildman–Crippen MR) is 67.3 cm³/mol. The molecule has 1 aromatic rings. The van der Waals surface area contributed by atoms with Crippen molar-refractivity contribution in [2.75, 3.05) is 18.4 Å². The minimum atomic E-state index is -4.46. The van der Waals surface area contributed by atoms with Crippen LogP contribution in [-0.2, 0) is 16.6 Å². The summed E-state index contributed by atoms with van der Waals surface area (Å²) in [4.78, 5) is 24.2. The summed E-state index contributed by atoms with van der Waals surface area (Å²) in [5, 5.41) is 6.62. The third-order valence-corrected chi connectivity index (χ3v) is 3.21. The van der Waals surface area contributed by atoms with Gasteiger partial charge in [0.2, 0.25) is 11.8 Å². The number of hydrogen-bond donors (Lipinski definition) is 1. The van der Waals surface area contributed by atoms with Gasteiger partial charge in [-0.15, -0.1) is 0 Å². The van der Waals surface area contributed by atoms with Gasteiger partial charge in [0.1, 0.15) is 12.4 Å². The molecule has 1 unspecified atom stereocenters. The standard InChI is InChI=1S/C12H15F3N4O2/c1-7-3-9(18(2)17-7)16-11(21)8-4-10(20)19(5-8)6-12(13,14)15/h3,8H,4-6H2,1-2H3,(H,16,21). The molecule has 1 aliphatic heterocycles. The summed E-state index contributed by atoms with van der Waals surface area (Å²) in [5.41, 5.74) is 0.703. The highest BCUT2D eigenvalue weighted by Gasteiger charge is 2.40. The second kappa shape index (κ2) is 5.38. The minimum absolute atomic E-state index is 0.210. The number of halogens is 3. The van der Waals surface area contributed by atoms with Crippen molar-refractivity contribution in [3.8, 4) is 0 Å². The smallest absolute Gasteiger partial charge is 0.333 e. The lowest BCUT2D eigenvalue weighted by Crippen LogP contribution is -2.36. The number of likely N-dealkylation sites (tertiary alicyclic amines) is 1. The summed E-state index contributed by atoms with van der Waals surface area (Å²) < 4.78 is 38.4. The number of aryl methyl sites for hydroxylation is 2. The Morgan fingerprint density at radius 2 is 2.19 bits per heavy atom. The predicted octanol–water partition coefficient (Wildman–Crippen LogP) is 1.08. The van der Waals surface area contributed by atoms with Crippen molar-refractivity contribution in [3.05, 3.63) is 11.8 Å². The van der Waals surface area contributed by atoms with E-state index in [0.29, 0.717) is 16.4 Å². The first-order chi connectivity index (χ1) is 9.65. The summed E-state index contributed by atoms with van der Waals surface area (Å²) in [6.07, 6.45) is -4.67. The van der Waals surface area contributed by atoms with Gasteiger partial charge in [-0.2, -0.15) is 18.3 Å². The van der Waals surface area contributed by atoms with Crippen LogP contribution in [0, 0.1) is 12.8 Å². The van der Waals surface area contributed by atoms with Crippen molar-refractivity contribution in [1.82, 2.24) is 14.7 Å². The van der Waals surface area contributed by atoms with Gasteiger partial charge < -0.3 is 10.2 Å². The van der Waals surface area contributed by atoms with E-state index in [0.717, 1.165) is 0 Å². The topological polar surface area (TPSA) is 67.2 Å². The normalized spacial score (nSPS) is 19.2. The number of carbonyl (C=O) groups is 2.